The molecular weight excluding hydrogens is 210 g/mol. The molecule has 0 amide bonds. The Hall–Kier alpha value is -0.830. The first-order valence-electron chi connectivity index (χ1n) is 7.05. The van der Waals surface area contributed by atoms with Gasteiger partial charge in [0.15, 0.2) is 0 Å². The number of aromatic nitrogens is 2. The predicted molar refractivity (Wildman–Crippen MR) is 73.2 cm³/mol. The summed E-state index contributed by atoms with van der Waals surface area (Å²) in [5, 5.41) is 3.60. The molecular formula is C14H27N3. The van der Waals surface area contributed by atoms with E-state index >= 15 is 0 Å². The fraction of sp³-hybridized carbons (Fsp3) is 0.786. The summed E-state index contributed by atoms with van der Waals surface area (Å²) in [6.45, 7) is 8.90. The van der Waals surface area contributed by atoms with Crippen LogP contribution in [0.3, 0.4) is 0 Å². The van der Waals surface area contributed by atoms with Crippen molar-refractivity contribution in [1.29, 1.82) is 0 Å². The first-order valence-corrected chi connectivity index (χ1v) is 7.05. The number of aryl methyl sites for hydroxylation is 2. The second-order valence-electron chi connectivity index (χ2n) is 4.59. The van der Waals surface area contributed by atoms with Crippen molar-refractivity contribution < 1.29 is 0 Å². The lowest BCUT2D eigenvalue weighted by molar-refractivity contribution is 0.437. The largest absolute Gasteiger partial charge is 0.335 e. The van der Waals surface area contributed by atoms with Gasteiger partial charge in [0.25, 0.3) is 0 Å². The monoisotopic (exact) mass is 237 g/mol. The van der Waals surface area contributed by atoms with Crippen molar-refractivity contribution in [1.82, 2.24) is 14.9 Å². The minimum Gasteiger partial charge on any atom is -0.335 e. The van der Waals surface area contributed by atoms with E-state index in [4.69, 9.17) is 0 Å². The van der Waals surface area contributed by atoms with Crippen LogP contribution in [-0.4, -0.2) is 22.1 Å². The fourth-order valence-corrected chi connectivity index (χ4v) is 2.17. The van der Waals surface area contributed by atoms with E-state index in [1.807, 2.05) is 6.20 Å². The third kappa shape index (κ3) is 4.90. The van der Waals surface area contributed by atoms with Gasteiger partial charge in [-0.1, -0.05) is 20.8 Å². The Bertz CT molecular complexity index is 293. The third-order valence-corrected chi connectivity index (χ3v) is 3.25. The Balaban J connectivity index is 2.26. The molecule has 0 aliphatic heterocycles. The zero-order valence-electron chi connectivity index (χ0n) is 11.6. The van der Waals surface area contributed by atoms with E-state index in [9.17, 15) is 0 Å². The average Bonchev–Trinajstić information content (AvgIpc) is 2.81. The van der Waals surface area contributed by atoms with E-state index < -0.39 is 0 Å². The number of nitrogens with zero attached hydrogens (tertiary/aromatic N) is 2. The molecule has 3 heteroatoms. The standard InChI is InChI=1S/C14H27N3/c1-4-9-15-13(5-2)8-7-11-17-12-10-16-14(17)6-3/h10,12-13,15H,4-9,11H2,1-3H3. The first kappa shape index (κ1) is 14.2. The van der Waals surface area contributed by atoms with Crippen LogP contribution in [0, 0.1) is 0 Å². The number of nitrogens with one attached hydrogen (secondary N) is 1. The van der Waals surface area contributed by atoms with Crippen molar-refractivity contribution in [3.63, 3.8) is 0 Å². The fourth-order valence-electron chi connectivity index (χ4n) is 2.17. The molecule has 1 unspecified atom stereocenters. The molecule has 0 radical (unpaired) electrons. The molecule has 1 aromatic heterocycles. The minimum absolute atomic E-state index is 0.684. The zero-order chi connectivity index (χ0) is 12.5. The van der Waals surface area contributed by atoms with Gasteiger partial charge in [0.2, 0.25) is 0 Å². The van der Waals surface area contributed by atoms with Gasteiger partial charge in [0.05, 0.1) is 0 Å². The summed E-state index contributed by atoms with van der Waals surface area (Å²) in [5.74, 6) is 1.21. The van der Waals surface area contributed by atoms with Gasteiger partial charge in [-0.25, -0.2) is 4.98 Å². The van der Waals surface area contributed by atoms with Gasteiger partial charge in [0, 0.05) is 31.4 Å². The number of rotatable bonds is 9. The van der Waals surface area contributed by atoms with Crippen molar-refractivity contribution >= 4 is 0 Å². The summed E-state index contributed by atoms with van der Waals surface area (Å²) in [5.41, 5.74) is 0. The topological polar surface area (TPSA) is 29.9 Å². The van der Waals surface area contributed by atoms with Gasteiger partial charge < -0.3 is 9.88 Å². The Morgan fingerprint density at radius 1 is 1.35 bits per heavy atom. The molecule has 1 heterocycles. The van der Waals surface area contributed by atoms with Gasteiger partial charge in [-0.3, -0.25) is 0 Å². The number of hydrogen-bond acceptors (Lipinski definition) is 2. The summed E-state index contributed by atoms with van der Waals surface area (Å²) in [4.78, 5) is 4.35. The predicted octanol–water partition coefficient (Wildman–Crippen LogP) is 3.00. The summed E-state index contributed by atoms with van der Waals surface area (Å²) in [6, 6.07) is 0.684. The van der Waals surface area contributed by atoms with Gasteiger partial charge in [-0.15, -0.1) is 0 Å². The Kier molecular flexibility index (Phi) is 6.94. The summed E-state index contributed by atoms with van der Waals surface area (Å²) >= 11 is 0. The van der Waals surface area contributed by atoms with Gasteiger partial charge in [-0.05, 0) is 32.2 Å². The van der Waals surface area contributed by atoms with Crippen molar-refractivity contribution in [3.8, 4) is 0 Å². The van der Waals surface area contributed by atoms with E-state index in [0.717, 1.165) is 19.5 Å². The van der Waals surface area contributed by atoms with Crippen LogP contribution in [0.5, 0.6) is 0 Å². The van der Waals surface area contributed by atoms with Crippen LogP contribution < -0.4 is 5.32 Å². The van der Waals surface area contributed by atoms with Crippen LogP contribution in [0.25, 0.3) is 0 Å². The van der Waals surface area contributed by atoms with E-state index in [1.165, 1.54) is 31.5 Å². The molecule has 0 aromatic carbocycles. The van der Waals surface area contributed by atoms with Crippen molar-refractivity contribution in [2.75, 3.05) is 6.54 Å². The van der Waals surface area contributed by atoms with Crippen LogP contribution in [0.1, 0.15) is 52.3 Å². The second kappa shape index (κ2) is 8.29. The Morgan fingerprint density at radius 2 is 2.18 bits per heavy atom. The highest BCUT2D eigenvalue weighted by atomic mass is 15.1. The summed E-state index contributed by atoms with van der Waals surface area (Å²) in [6.07, 6.45) is 9.97. The average molecular weight is 237 g/mol. The van der Waals surface area contributed by atoms with E-state index in [0.29, 0.717) is 6.04 Å². The molecule has 0 aliphatic rings. The van der Waals surface area contributed by atoms with E-state index in [1.54, 1.807) is 0 Å². The lowest BCUT2D eigenvalue weighted by Crippen LogP contribution is -2.29. The molecule has 0 saturated heterocycles. The third-order valence-electron chi connectivity index (χ3n) is 3.25. The molecule has 1 rings (SSSR count). The van der Waals surface area contributed by atoms with E-state index in [2.05, 4.69) is 41.8 Å². The van der Waals surface area contributed by atoms with E-state index in [-0.39, 0.29) is 0 Å². The lowest BCUT2D eigenvalue weighted by atomic mass is 10.1. The quantitative estimate of drug-likeness (QED) is 0.715. The summed E-state index contributed by atoms with van der Waals surface area (Å²) < 4.78 is 2.28. The van der Waals surface area contributed by atoms with Crippen LogP contribution >= 0.6 is 0 Å². The minimum atomic E-state index is 0.684. The van der Waals surface area contributed by atoms with Crippen LogP contribution in [-0.2, 0) is 13.0 Å². The first-order chi connectivity index (χ1) is 8.31. The van der Waals surface area contributed by atoms with Gasteiger partial charge in [0.1, 0.15) is 5.82 Å². The van der Waals surface area contributed by atoms with Crippen molar-refractivity contribution in [2.24, 2.45) is 0 Å². The molecule has 0 fully saturated rings. The molecule has 98 valence electrons. The van der Waals surface area contributed by atoms with Crippen LogP contribution in [0.4, 0.5) is 0 Å². The normalized spacial score (nSPS) is 12.9. The molecule has 17 heavy (non-hydrogen) atoms. The van der Waals surface area contributed by atoms with Crippen LogP contribution in [0.15, 0.2) is 12.4 Å². The molecule has 1 atom stereocenters. The number of imidazole rings is 1. The Labute approximate surface area is 106 Å². The molecule has 0 saturated carbocycles. The Morgan fingerprint density at radius 3 is 2.82 bits per heavy atom. The maximum atomic E-state index is 4.35. The van der Waals surface area contributed by atoms with Crippen LogP contribution in [0.2, 0.25) is 0 Å². The number of hydrogen-bond donors (Lipinski definition) is 1. The smallest absolute Gasteiger partial charge is 0.108 e. The lowest BCUT2D eigenvalue weighted by Gasteiger charge is -2.16. The van der Waals surface area contributed by atoms with Crippen molar-refractivity contribution in [2.45, 2.75) is 65.5 Å². The maximum Gasteiger partial charge on any atom is 0.108 e. The van der Waals surface area contributed by atoms with Gasteiger partial charge in [-0.2, -0.15) is 0 Å². The summed E-state index contributed by atoms with van der Waals surface area (Å²) in [7, 11) is 0. The highest BCUT2D eigenvalue weighted by Crippen LogP contribution is 2.06. The molecule has 0 aliphatic carbocycles. The highest BCUT2D eigenvalue weighted by molar-refractivity contribution is 4.91. The molecule has 0 spiro atoms. The molecule has 3 nitrogen and oxygen atoms in total. The highest BCUT2D eigenvalue weighted by Gasteiger charge is 2.05. The molecule has 1 aromatic rings. The second-order valence-corrected chi connectivity index (χ2v) is 4.59. The van der Waals surface area contributed by atoms with Crippen molar-refractivity contribution in [3.05, 3.63) is 18.2 Å². The zero-order valence-corrected chi connectivity index (χ0v) is 11.6. The SMILES string of the molecule is CCCNC(CC)CCCn1ccnc1CC. The maximum absolute atomic E-state index is 4.35. The molecule has 1 N–H and O–H groups in total. The van der Waals surface area contributed by atoms with Gasteiger partial charge >= 0.3 is 0 Å². The molecule has 0 bridgehead atoms.